The van der Waals surface area contributed by atoms with Crippen molar-refractivity contribution in [2.45, 2.75) is 12.5 Å². The van der Waals surface area contributed by atoms with E-state index >= 15 is 0 Å². The fourth-order valence-electron chi connectivity index (χ4n) is 3.23. The highest BCUT2D eigenvalue weighted by Gasteiger charge is 2.47. The number of hydrogen-bond donors (Lipinski definition) is 2. The van der Waals surface area contributed by atoms with Gasteiger partial charge in [-0.15, -0.1) is 0 Å². The molecule has 3 atom stereocenters. The number of carbonyl (C=O) groups excluding carboxylic acids is 1. The largest absolute Gasteiger partial charge is 0.486 e. The molecule has 5 heteroatoms. The predicted molar refractivity (Wildman–Crippen MR) is 73.2 cm³/mol. The SMILES string of the molecule is O=C(NC[C@H]1NC[C@H]2C[C@H]21)c1cccc2c1OCCO2. The van der Waals surface area contributed by atoms with Crippen LogP contribution in [-0.2, 0) is 0 Å². The van der Waals surface area contributed by atoms with E-state index in [4.69, 9.17) is 9.47 Å². The Labute approximate surface area is 117 Å². The summed E-state index contributed by atoms with van der Waals surface area (Å²) in [4.78, 5) is 12.3. The molecule has 0 spiro atoms. The van der Waals surface area contributed by atoms with Gasteiger partial charge in [-0.25, -0.2) is 0 Å². The maximum atomic E-state index is 12.3. The van der Waals surface area contributed by atoms with Crippen molar-refractivity contribution in [3.8, 4) is 11.5 Å². The molecule has 106 valence electrons. The van der Waals surface area contributed by atoms with E-state index in [9.17, 15) is 4.79 Å². The van der Waals surface area contributed by atoms with Crippen molar-refractivity contribution in [3.63, 3.8) is 0 Å². The zero-order chi connectivity index (χ0) is 13.5. The molecule has 20 heavy (non-hydrogen) atoms. The van der Waals surface area contributed by atoms with Gasteiger partial charge < -0.3 is 20.1 Å². The van der Waals surface area contributed by atoms with Crippen LogP contribution in [-0.4, -0.2) is 38.3 Å². The first-order valence-electron chi connectivity index (χ1n) is 7.23. The van der Waals surface area contributed by atoms with Gasteiger partial charge >= 0.3 is 0 Å². The van der Waals surface area contributed by atoms with Crippen LogP contribution in [0.4, 0.5) is 0 Å². The highest BCUT2D eigenvalue weighted by atomic mass is 16.6. The molecule has 2 heterocycles. The summed E-state index contributed by atoms with van der Waals surface area (Å²) in [6, 6.07) is 5.87. The highest BCUT2D eigenvalue weighted by molar-refractivity contribution is 5.97. The van der Waals surface area contributed by atoms with Gasteiger partial charge in [0.25, 0.3) is 5.91 Å². The summed E-state index contributed by atoms with van der Waals surface area (Å²) >= 11 is 0. The standard InChI is InChI=1S/C15H18N2O3/c18-15(17-8-12-11-6-9(11)7-16-12)10-2-1-3-13-14(10)20-5-4-19-13/h1-3,9,11-12,16H,4-8H2,(H,17,18)/t9-,11-,12-/m1/s1. The van der Waals surface area contributed by atoms with E-state index in [-0.39, 0.29) is 5.91 Å². The van der Waals surface area contributed by atoms with Crippen LogP contribution in [0.1, 0.15) is 16.8 Å². The van der Waals surface area contributed by atoms with Crippen LogP contribution in [0, 0.1) is 11.8 Å². The molecule has 1 aromatic rings. The average Bonchev–Trinajstić information content (AvgIpc) is 3.17. The summed E-state index contributed by atoms with van der Waals surface area (Å²) in [5.41, 5.74) is 0.563. The first kappa shape index (κ1) is 12.0. The summed E-state index contributed by atoms with van der Waals surface area (Å²) < 4.78 is 11.1. The lowest BCUT2D eigenvalue weighted by Crippen LogP contribution is -2.39. The van der Waals surface area contributed by atoms with Gasteiger partial charge in [0.05, 0.1) is 5.56 Å². The zero-order valence-electron chi connectivity index (χ0n) is 11.2. The van der Waals surface area contributed by atoms with E-state index < -0.39 is 0 Å². The Kier molecular flexibility index (Phi) is 2.80. The second kappa shape index (κ2) is 4.66. The molecule has 0 bridgehead atoms. The summed E-state index contributed by atoms with van der Waals surface area (Å²) in [6.45, 7) is 2.81. The van der Waals surface area contributed by atoms with Crippen molar-refractivity contribution in [1.29, 1.82) is 0 Å². The number of carbonyl (C=O) groups is 1. The van der Waals surface area contributed by atoms with Crippen molar-refractivity contribution in [1.82, 2.24) is 10.6 Å². The number of nitrogens with one attached hydrogen (secondary N) is 2. The summed E-state index contributed by atoms with van der Waals surface area (Å²) in [5.74, 6) is 2.75. The fraction of sp³-hybridized carbons (Fsp3) is 0.533. The molecule has 2 fully saturated rings. The Morgan fingerprint density at radius 3 is 3.05 bits per heavy atom. The number of rotatable bonds is 3. The van der Waals surface area contributed by atoms with Crippen LogP contribution < -0.4 is 20.1 Å². The van der Waals surface area contributed by atoms with E-state index in [2.05, 4.69) is 10.6 Å². The Balaban J connectivity index is 1.45. The van der Waals surface area contributed by atoms with Crippen molar-refractivity contribution >= 4 is 5.91 Å². The minimum Gasteiger partial charge on any atom is -0.486 e. The van der Waals surface area contributed by atoms with E-state index in [1.165, 1.54) is 6.42 Å². The van der Waals surface area contributed by atoms with Gasteiger partial charge in [0, 0.05) is 12.6 Å². The normalized spacial score (nSPS) is 29.7. The second-order valence-corrected chi connectivity index (χ2v) is 5.71. The maximum absolute atomic E-state index is 12.3. The van der Waals surface area contributed by atoms with Crippen LogP contribution in [0.3, 0.4) is 0 Å². The molecule has 4 rings (SSSR count). The monoisotopic (exact) mass is 274 g/mol. The molecule has 5 nitrogen and oxygen atoms in total. The van der Waals surface area contributed by atoms with Crippen LogP contribution in [0.2, 0.25) is 0 Å². The number of para-hydroxylation sites is 1. The van der Waals surface area contributed by atoms with Gasteiger partial charge in [-0.1, -0.05) is 6.07 Å². The van der Waals surface area contributed by atoms with Gasteiger partial charge in [-0.2, -0.15) is 0 Å². The molecule has 3 aliphatic rings. The van der Waals surface area contributed by atoms with Gasteiger partial charge in [-0.3, -0.25) is 4.79 Å². The van der Waals surface area contributed by atoms with Crippen LogP contribution in [0.25, 0.3) is 0 Å². The lowest BCUT2D eigenvalue weighted by atomic mass is 10.1. The van der Waals surface area contributed by atoms with Gasteiger partial charge in [0.1, 0.15) is 13.2 Å². The number of piperidine rings is 1. The lowest BCUT2D eigenvalue weighted by Gasteiger charge is -2.21. The molecular formula is C15H18N2O3. The van der Waals surface area contributed by atoms with Gasteiger partial charge in [0.2, 0.25) is 0 Å². The fourth-order valence-corrected chi connectivity index (χ4v) is 3.23. The zero-order valence-corrected chi connectivity index (χ0v) is 11.2. The third-order valence-corrected chi connectivity index (χ3v) is 4.43. The minimum absolute atomic E-state index is 0.0850. The van der Waals surface area contributed by atoms with Crippen molar-refractivity contribution < 1.29 is 14.3 Å². The van der Waals surface area contributed by atoms with Gasteiger partial charge in [-0.05, 0) is 36.9 Å². The molecule has 1 aromatic carbocycles. The second-order valence-electron chi connectivity index (χ2n) is 5.71. The third kappa shape index (κ3) is 2.02. The molecule has 0 unspecified atom stereocenters. The van der Waals surface area contributed by atoms with Crippen LogP contribution in [0.15, 0.2) is 18.2 Å². The summed E-state index contributed by atoms with van der Waals surface area (Å²) in [7, 11) is 0. The Morgan fingerprint density at radius 1 is 1.35 bits per heavy atom. The highest BCUT2D eigenvalue weighted by Crippen LogP contribution is 2.44. The van der Waals surface area contributed by atoms with E-state index in [0.29, 0.717) is 42.9 Å². The summed E-state index contributed by atoms with van der Waals surface area (Å²) in [6.07, 6.45) is 1.31. The number of amides is 1. The Hall–Kier alpha value is -1.75. The van der Waals surface area contributed by atoms with Crippen LogP contribution >= 0.6 is 0 Å². The smallest absolute Gasteiger partial charge is 0.255 e. The van der Waals surface area contributed by atoms with Crippen molar-refractivity contribution in [3.05, 3.63) is 23.8 Å². The van der Waals surface area contributed by atoms with Gasteiger partial charge in [0.15, 0.2) is 11.5 Å². The molecule has 1 saturated heterocycles. The lowest BCUT2D eigenvalue weighted by molar-refractivity contribution is 0.0938. The Bertz CT molecular complexity index is 546. The molecule has 1 amide bonds. The predicted octanol–water partition coefficient (Wildman–Crippen LogP) is 0.795. The van der Waals surface area contributed by atoms with E-state index in [1.807, 2.05) is 12.1 Å². The van der Waals surface area contributed by atoms with Crippen molar-refractivity contribution in [2.75, 3.05) is 26.3 Å². The maximum Gasteiger partial charge on any atom is 0.255 e. The number of benzene rings is 1. The Morgan fingerprint density at radius 2 is 2.25 bits per heavy atom. The van der Waals surface area contributed by atoms with Crippen LogP contribution in [0.5, 0.6) is 11.5 Å². The first-order valence-corrected chi connectivity index (χ1v) is 7.23. The minimum atomic E-state index is -0.0850. The number of ether oxygens (including phenoxy) is 2. The molecule has 1 aliphatic carbocycles. The molecule has 1 saturated carbocycles. The van der Waals surface area contributed by atoms with E-state index in [1.54, 1.807) is 6.07 Å². The van der Waals surface area contributed by atoms with Crippen molar-refractivity contribution in [2.24, 2.45) is 11.8 Å². The first-order chi connectivity index (χ1) is 9.83. The molecule has 0 radical (unpaired) electrons. The van der Waals surface area contributed by atoms with E-state index in [0.717, 1.165) is 18.4 Å². The molecular weight excluding hydrogens is 256 g/mol. The molecule has 0 aromatic heterocycles. The molecule has 2 aliphatic heterocycles. The topological polar surface area (TPSA) is 59.6 Å². The molecule has 2 N–H and O–H groups in total. The number of fused-ring (bicyclic) bond motifs is 2. The quantitative estimate of drug-likeness (QED) is 0.856. The number of hydrogen-bond acceptors (Lipinski definition) is 4. The summed E-state index contributed by atoms with van der Waals surface area (Å²) in [5, 5.41) is 6.47. The third-order valence-electron chi connectivity index (χ3n) is 4.43. The average molecular weight is 274 g/mol.